The van der Waals surface area contributed by atoms with Crippen LogP contribution in [0.15, 0.2) is 12.2 Å². The van der Waals surface area contributed by atoms with Crippen molar-refractivity contribution in [2.24, 2.45) is 0 Å². The quantitative estimate of drug-likeness (QED) is 0.148. The Morgan fingerprint density at radius 3 is 1.54 bits per heavy atom. The smallest absolute Gasteiger partial charge is 0.305 e. The van der Waals surface area contributed by atoms with Crippen LogP contribution in [0.1, 0.15) is 116 Å². The first-order valence-corrected chi connectivity index (χ1v) is 10.5. The van der Waals surface area contributed by atoms with E-state index >= 15 is 0 Å². The molecule has 24 heavy (non-hydrogen) atoms. The molecule has 0 aliphatic carbocycles. The Labute approximate surface area is 151 Å². The van der Waals surface area contributed by atoms with E-state index in [1.165, 1.54) is 97.0 Å². The first-order chi connectivity index (χ1) is 11.8. The molecule has 0 heterocycles. The van der Waals surface area contributed by atoms with Gasteiger partial charge in [0.05, 0.1) is 7.11 Å². The van der Waals surface area contributed by atoms with E-state index < -0.39 is 0 Å². The molecule has 0 saturated heterocycles. The van der Waals surface area contributed by atoms with Crippen molar-refractivity contribution in [3.63, 3.8) is 0 Å². The van der Waals surface area contributed by atoms with Crippen LogP contribution in [0.4, 0.5) is 0 Å². The average molecular weight is 339 g/mol. The van der Waals surface area contributed by atoms with Gasteiger partial charge < -0.3 is 4.74 Å². The lowest BCUT2D eigenvalue weighted by atomic mass is 10.1. The van der Waals surface area contributed by atoms with Crippen molar-refractivity contribution in [3.05, 3.63) is 12.2 Å². The minimum absolute atomic E-state index is 0.0746. The van der Waals surface area contributed by atoms with Gasteiger partial charge in [0.1, 0.15) is 0 Å². The van der Waals surface area contributed by atoms with Gasteiger partial charge in [-0.25, -0.2) is 0 Å². The van der Waals surface area contributed by atoms with Crippen LogP contribution in [0, 0.1) is 0 Å². The standard InChI is InChI=1S/C22H42O2/c1-3-4-5-6-7-8-9-10-11-12-13-14-15-16-17-18-19-20-21-22(23)24-2/h13-14H,3-12,15-21H2,1-2H3/b14-13-. The number of rotatable bonds is 18. The fourth-order valence-electron chi connectivity index (χ4n) is 2.97. The number of hydrogen-bond donors (Lipinski definition) is 0. The Morgan fingerprint density at radius 1 is 0.667 bits per heavy atom. The maximum atomic E-state index is 11.0. The molecule has 0 spiro atoms. The van der Waals surface area contributed by atoms with Crippen LogP contribution in [-0.2, 0) is 9.53 Å². The third-order valence-electron chi connectivity index (χ3n) is 4.62. The predicted molar refractivity (Wildman–Crippen MR) is 105 cm³/mol. The number of esters is 1. The molecule has 0 fully saturated rings. The lowest BCUT2D eigenvalue weighted by molar-refractivity contribution is -0.140. The number of ether oxygens (including phenoxy) is 1. The van der Waals surface area contributed by atoms with E-state index in [0.29, 0.717) is 6.42 Å². The van der Waals surface area contributed by atoms with Crippen LogP contribution in [-0.4, -0.2) is 13.1 Å². The molecule has 0 unspecified atom stereocenters. The van der Waals surface area contributed by atoms with E-state index in [-0.39, 0.29) is 5.97 Å². The zero-order valence-electron chi connectivity index (χ0n) is 16.5. The molecule has 0 N–H and O–H groups in total. The van der Waals surface area contributed by atoms with Crippen LogP contribution < -0.4 is 0 Å². The SMILES string of the molecule is CCCCCCCCCCC/C=C\CCCCCCCC(=O)OC. The van der Waals surface area contributed by atoms with Crippen LogP contribution in [0.3, 0.4) is 0 Å². The van der Waals surface area contributed by atoms with Crippen molar-refractivity contribution < 1.29 is 9.53 Å². The van der Waals surface area contributed by atoms with Gasteiger partial charge in [-0.05, 0) is 32.1 Å². The van der Waals surface area contributed by atoms with Crippen molar-refractivity contribution in [2.75, 3.05) is 7.11 Å². The summed E-state index contributed by atoms with van der Waals surface area (Å²) in [6, 6.07) is 0. The molecule has 0 saturated carbocycles. The van der Waals surface area contributed by atoms with Crippen molar-refractivity contribution in [1.29, 1.82) is 0 Å². The lowest BCUT2D eigenvalue weighted by Crippen LogP contribution is -1.98. The van der Waals surface area contributed by atoms with Gasteiger partial charge in [0.25, 0.3) is 0 Å². The summed E-state index contributed by atoms with van der Waals surface area (Å²) in [7, 11) is 1.46. The van der Waals surface area contributed by atoms with E-state index in [1.54, 1.807) is 0 Å². The van der Waals surface area contributed by atoms with Gasteiger partial charge in [-0.1, -0.05) is 89.7 Å². The maximum absolute atomic E-state index is 11.0. The van der Waals surface area contributed by atoms with E-state index in [9.17, 15) is 4.79 Å². The molecule has 0 aliphatic rings. The first-order valence-electron chi connectivity index (χ1n) is 10.5. The van der Waals surface area contributed by atoms with Crippen LogP contribution in [0.5, 0.6) is 0 Å². The van der Waals surface area contributed by atoms with E-state index in [2.05, 4.69) is 23.8 Å². The largest absolute Gasteiger partial charge is 0.469 e. The number of allylic oxidation sites excluding steroid dienone is 2. The van der Waals surface area contributed by atoms with Crippen LogP contribution >= 0.6 is 0 Å². The van der Waals surface area contributed by atoms with E-state index in [0.717, 1.165) is 12.8 Å². The van der Waals surface area contributed by atoms with Crippen molar-refractivity contribution in [1.82, 2.24) is 0 Å². The van der Waals surface area contributed by atoms with E-state index in [4.69, 9.17) is 0 Å². The molecule has 2 heteroatoms. The number of carbonyl (C=O) groups is 1. The fourth-order valence-corrected chi connectivity index (χ4v) is 2.97. The average Bonchev–Trinajstić information content (AvgIpc) is 2.60. The molecule has 0 bridgehead atoms. The summed E-state index contributed by atoms with van der Waals surface area (Å²) in [6.45, 7) is 2.28. The van der Waals surface area contributed by atoms with Crippen molar-refractivity contribution >= 4 is 5.97 Å². The zero-order chi connectivity index (χ0) is 17.7. The van der Waals surface area contributed by atoms with Crippen LogP contribution in [0.2, 0.25) is 0 Å². The third kappa shape index (κ3) is 19.3. The Hall–Kier alpha value is -0.790. The second-order valence-electron chi connectivity index (χ2n) is 6.97. The molecular formula is C22H42O2. The summed E-state index contributed by atoms with van der Waals surface area (Å²) in [5.41, 5.74) is 0. The van der Waals surface area contributed by atoms with Gasteiger partial charge in [-0.15, -0.1) is 0 Å². The highest BCUT2D eigenvalue weighted by Crippen LogP contribution is 2.11. The molecule has 142 valence electrons. The highest BCUT2D eigenvalue weighted by molar-refractivity contribution is 5.68. The second-order valence-corrected chi connectivity index (χ2v) is 6.97. The summed E-state index contributed by atoms with van der Waals surface area (Å²) in [4.78, 5) is 11.0. The highest BCUT2D eigenvalue weighted by atomic mass is 16.5. The molecule has 0 atom stereocenters. The summed E-state index contributed by atoms with van der Waals surface area (Å²) in [6.07, 6.45) is 26.4. The monoisotopic (exact) mass is 338 g/mol. The van der Waals surface area contributed by atoms with Gasteiger partial charge in [-0.2, -0.15) is 0 Å². The van der Waals surface area contributed by atoms with Crippen molar-refractivity contribution in [2.45, 2.75) is 116 Å². The van der Waals surface area contributed by atoms with Gasteiger partial charge >= 0.3 is 5.97 Å². The topological polar surface area (TPSA) is 26.3 Å². The molecule has 0 aromatic carbocycles. The third-order valence-corrected chi connectivity index (χ3v) is 4.62. The number of carbonyl (C=O) groups excluding carboxylic acids is 1. The van der Waals surface area contributed by atoms with Gasteiger partial charge in [-0.3, -0.25) is 4.79 Å². The summed E-state index contributed by atoms with van der Waals surface area (Å²) >= 11 is 0. The Morgan fingerprint density at radius 2 is 1.08 bits per heavy atom. The molecule has 0 rings (SSSR count). The fraction of sp³-hybridized carbons (Fsp3) is 0.864. The Bertz CT molecular complexity index is 284. The first kappa shape index (κ1) is 23.2. The Balaban J connectivity index is 3.10. The van der Waals surface area contributed by atoms with Gasteiger partial charge in [0, 0.05) is 6.42 Å². The molecule has 0 amide bonds. The number of hydrogen-bond acceptors (Lipinski definition) is 2. The normalized spacial score (nSPS) is 11.2. The van der Waals surface area contributed by atoms with Crippen molar-refractivity contribution in [3.8, 4) is 0 Å². The maximum Gasteiger partial charge on any atom is 0.305 e. The van der Waals surface area contributed by atoms with E-state index in [1.807, 2.05) is 0 Å². The summed E-state index contributed by atoms with van der Waals surface area (Å²) in [5.74, 6) is -0.0746. The lowest BCUT2D eigenvalue weighted by Gasteiger charge is -2.01. The molecule has 0 radical (unpaired) electrons. The summed E-state index contributed by atoms with van der Waals surface area (Å²) < 4.78 is 4.64. The molecule has 0 aliphatic heterocycles. The second kappa shape index (κ2) is 20.3. The Kier molecular flexibility index (Phi) is 19.6. The molecule has 0 aromatic heterocycles. The minimum atomic E-state index is -0.0746. The highest BCUT2D eigenvalue weighted by Gasteiger charge is 1.98. The minimum Gasteiger partial charge on any atom is -0.469 e. The molecule has 0 aromatic rings. The molecule has 2 nitrogen and oxygen atoms in total. The number of methoxy groups -OCH3 is 1. The molecular weight excluding hydrogens is 296 g/mol. The van der Waals surface area contributed by atoms with Gasteiger partial charge in [0.15, 0.2) is 0 Å². The van der Waals surface area contributed by atoms with Gasteiger partial charge in [0.2, 0.25) is 0 Å². The van der Waals surface area contributed by atoms with Crippen LogP contribution in [0.25, 0.3) is 0 Å². The summed E-state index contributed by atoms with van der Waals surface area (Å²) in [5, 5.41) is 0. The predicted octanol–water partition coefficient (Wildman–Crippen LogP) is 7.37. The number of unbranched alkanes of at least 4 members (excludes halogenated alkanes) is 14. The zero-order valence-corrected chi connectivity index (χ0v) is 16.5.